The highest BCUT2D eigenvalue weighted by atomic mass is 16.5. The van der Waals surface area contributed by atoms with Crippen molar-refractivity contribution >= 4 is 5.91 Å². The molecule has 5 nitrogen and oxygen atoms in total. The molecule has 138 valence electrons. The fraction of sp³-hybridized carbons (Fsp3) is 0.381. The molecule has 0 fully saturated rings. The molecule has 0 radical (unpaired) electrons. The van der Waals surface area contributed by atoms with Crippen LogP contribution in [-0.2, 0) is 24.3 Å². The molecule has 1 heterocycles. The summed E-state index contributed by atoms with van der Waals surface area (Å²) in [6.07, 6.45) is 0.833. The van der Waals surface area contributed by atoms with Gasteiger partial charge in [0.05, 0.1) is 20.8 Å². The summed E-state index contributed by atoms with van der Waals surface area (Å²) in [4.78, 5) is 14.5. The van der Waals surface area contributed by atoms with Gasteiger partial charge in [-0.1, -0.05) is 29.8 Å². The summed E-state index contributed by atoms with van der Waals surface area (Å²) < 4.78 is 10.7. The van der Waals surface area contributed by atoms with Gasteiger partial charge in [-0.2, -0.15) is 0 Å². The van der Waals surface area contributed by atoms with E-state index in [0.717, 1.165) is 24.3 Å². The molecular formula is C21H26N2O3. The molecule has 3 rings (SSSR count). The maximum atomic E-state index is 12.6. The number of hydrogen-bond acceptors (Lipinski definition) is 4. The monoisotopic (exact) mass is 354 g/mol. The molecule has 1 aliphatic rings. The Bertz CT molecular complexity index is 789. The van der Waals surface area contributed by atoms with Crippen molar-refractivity contribution in [3.8, 4) is 11.5 Å². The largest absolute Gasteiger partial charge is 0.493 e. The molecule has 2 aromatic carbocycles. The van der Waals surface area contributed by atoms with E-state index in [-0.39, 0.29) is 5.91 Å². The summed E-state index contributed by atoms with van der Waals surface area (Å²) in [5, 5.41) is 3.25. The number of amides is 1. The lowest BCUT2D eigenvalue weighted by Gasteiger charge is -2.29. The predicted octanol–water partition coefficient (Wildman–Crippen LogP) is 2.69. The Kier molecular flexibility index (Phi) is 5.78. The third-order valence-electron chi connectivity index (χ3n) is 4.76. The number of nitrogens with one attached hydrogen (secondary N) is 1. The van der Waals surface area contributed by atoms with Gasteiger partial charge in [0.2, 0.25) is 5.91 Å². The molecule has 0 saturated heterocycles. The van der Waals surface area contributed by atoms with Crippen molar-refractivity contribution in [1.82, 2.24) is 10.2 Å². The summed E-state index contributed by atoms with van der Waals surface area (Å²) in [5.41, 5.74) is 4.77. The number of fused-ring (bicyclic) bond motifs is 1. The molecule has 5 heteroatoms. The van der Waals surface area contributed by atoms with Crippen molar-refractivity contribution < 1.29 is 14.3 Å². The zero-order valence-corrected chi connectivity index (χ0v) is 15.7. The van der Waals surface area contributed by atoms with Crippen LogP contribution in [0.5, 0.6) is 11.5 Å². The van der Waals surface area contributed by atoms with E-state index in [1.807, 2.05) is 23.1 Å². The standard InChI is InChI=1S/C21H26N2O3/c1-15-5-4-6-16(9-15)12-22-13-21(24)23-8-7-17-10-19(25-2)20(26-3)11-18(17)14-23/h4-6,9-11,22H,7-8,12-14H2,1-3H3. The summed E-state index contributed by atoms with van der Waals surface area (Å²) in [6, 6.07) is 12.3. The van der Waals surface area contributed by atoms with Gasteiger partial charge < -0.3 is 19.7 Å². The second-order valence-corrected chi connectivity index (χ2v) is 6.63. The molecule has 0 spiro atoms. The van der Waals surface area contributed by atoms with Crippen LogP contribution in [0.1, 0.15) is 22.3 Å². The molecule has 0 unspecified atom stereocenters. The van der Waals surface area contributed by atoms with Crippen LogP contribution in [0.4, 0.5) is 0 Å². The third kappa shape index (κ3) is 4.17. The van der Waals surface area contributed by atoms with Crippen LogP contribution in [-0.4, -0.2) is 38.1 Å². The maximum absolute atomic E-state index is 12.6. The van der Waals surface area contributed by atoms with Crippen molar-refractivity contribution in [3.05, 3.63) is 58.7 Å². The van der Waals surface area contributed by atoms with Crippen LogP contribution in [0.2, 0.25) is 0 Å². The van der Waals surface area contributed by atoms with Gasteiger partial charge in [0.15, 0.2) is 11.5 Å². The number of carbonyl (C=O) groups excluding carboxylic acids is 1. The minimum atomic E-state index is 0.123. The second kappa shape index (κ2) is 8.23. The van der Waals surface area contributed by atoms with E-state index >= 15 is 0 Å². The Morgan fingerprint density at radius 3 is 2.54 bits per heavy atom. The summed E-state index contributed by atoms with van der Waals surface area (Å²) in [7, 11) is 3.27. The summed E-state index contributed by atoms with van der Waals surface area (Å²) in [5.74, 6) is 1.57. The lowest BCUT2D eigenvalue weighted by molar-refractivity contribution is -0.131. The number of rotatable bonds is 6. The molecule has 0 aromatic heterocycles. The average Bonchev–Trinajstić information content (AvgIpc) is 2.66. The molecular weight excluding hydrogens is 328 g/mol. The van der Waals surface area contributed by atoms with E-state index in [2.05, 4.69) is 30.4 Å². The Balaban J connectivity index is 1.58. The fourth-order valence-electron chi connectivity index (χ4n) is 3.34. The first-order chi connectivity index (χ1) is 12.6. The predicted molar refractivity (Wildman–Crippen MR) is 102 cm³/mol. The van der Waals surface area contributed by atoms with E-state index in [4.69, 9.17) is 9.47 Å². The van der Waals surface area contributed by atoms with E-state index in [0.29, 0.717) is 25.4 Å². The van der Waals surface area contributed by atoms with Crippen LogP contribution < -0.4 is 14.8 Å². The molecule has 26 heavy (non-hydrogen) atoms. The van der Waals surface area contributed by atoms with Gasteiger partial charge >= 0.3 is 0 Å². The highest BCUT2D eigenvalue weighted by Crippen LogP contribution is 2.33. The first kappa shape index (κ1) is 18.3. The highest BCUT2D eigenvalue weighted by molar-refractivity contribution is 5.78. The summed E-state index contributed by atoms with van der Waals surface area (Å²) >= 11 is 0. The number of hydrogen-bond donors (Lipinski definition) is 1. The molecule has 0 atom stereocenters. The zero-order chi connectivity index (χ0) is 18.5. The minimum absolute atomic E-state index is 0.123. The van der Waals surface area contributed by atoms with Crippen molar-refractivity contribution in [2.75, 3.05) is 27.3 Å². The highest BCUT2D eigenvalue weighted by Gasteiger charge is 2.22. The molecule has 1 aliphatic heterocycles. The van der Waals surface area contributed by atoms with Crippen molar-refractivity contribution in [3.63, 3.8) is 0 Å². The quantitative estimate of drug-likeness (QED) is 0.867. The van der Waals surface area contributed by atoms with Crippen LogP contribution in [0.3, 0.4) is 0 Å². The molecule has 2 aromatic rings. The van der Waals surface area contributed by atoms with E-state index in [9.17, 15) is 4.79 Å². The number of benzene rings is 2. The Morgan fingerprint density at radius 1 is 1.12 bits per heavy atom. The van der Waals surface area contributed by atoms with Crippen molar-refractivity contribution in [2.24, 2.45) is 0 Å². The topological polar surface area (TPSA) is 50.8 Å². The lowest BCUT2D eigenvalue weighted by Crippen LogP contribution is -2.41. The molecule has 0 bridgehead atoms. The number of carbonyl (C=O) groups is 1. The fourth-order valence-corrected chi connectivity index (χ4v) is 3.34. The van der Waals surface area contributed by atoms with Gasteiger partial charge in [-0.05, 0) is 42.2 Å². The molecule has 0 saturated carbocycles. The second-order valence-electron chi connectivity index (χ2n) is 6.63. The van der Waals surface area contributed by atoms with E-state index in [1.54, 1.807) is 14.2 Å². The van der Waals surface area contributed by atoms with Crippen molar-refractivity contribution in [2.45, 2.75) is 26.4 Å². The van der Waals surface area contributed by atoms with Crippen LogP contribution >= 0.6 is 0 Å². The maximum Gasteiger partial charge on any atom is 0.236 e. The van der Waals surface area contributed by atoms with Gasteiger partial charge in [0.25, 0.3) is 0 Å². The van der Waals surface area contributed by atoms with Crippen molar-refractivity contribution in [1.29, 1.82) is 0 Å². The van der Waals surface area contributed by atoms with Gasteiger partial charge in [-0.3, -0.25) is 4.79 Å². The minimum Gasteiger partial charge on any atom is -0.493 e. The smallest absolute Gasteiger partial charge is 0.236 e. The number of aryl methyl sites for hydroxylation is 1. The van der Waals surface area contributed by atoms with Gasteiger partial charge in [-0.25, -0.2) is 0 Å². The molecule has 0 aliphatic carbocycles. The zero-order valence-electron chi connectivity index (χ0n) is 15.7. The Morgan fingerprint density at radius 2 is 1.85 bits per heavy atom. The lowest BCUT2D eigenvalue weighted by atomic mass is 9.98. The first-order valence-electron chi connectivity index (χ1n) is 8.88. The van der Waals surface area contributed by atoms with Gasteiger partial charge in [0.1, 0.15) is 0 Å². The Hall–Kier alpha value is -2.53. The Labute approximate surface area is 154 Å². The van der Waals surface area contributed by atoms with Gasteiger partial charge in [-0.15, -0.1) is 0 Å². The van der Waals surface area contributed by atoms with E-state index in [1.165, 1.54) is 16.7 Å². The normalized spacial score (nSPS) is 13.3. The van der Waals surface area contributed by atoms with E-state index < -0.39 is 0 Å². The molecule has 1 N–H and O–H groups in total. The summed E-state index contributed by atoms with van der Waals surface area (Å²) in [6.45, 7) is 4.45. The number of methoxy groups -OCH3 is 2. The number of nitrogens with zero attached hydrogens (tertiary/aromatic N) is 1. The molecule has 1 amide bonds. The van der Waals surface area contributed by atoms with Gasteiger partial charge in [0, 0.05) is 19.6 Å². The first-order valence-corrected chi connectivity index (χ1v) is 8.88. The number of ether oxygens (including phenoxy) is 2. The average molecular weight is 354 g/mol. The van der Waals surface area contributed by atoms with Crippen LogP contribution in [0.25, 0.3) is 0 Å². The van der Waals surface area contributed by atoms with Crippen LogP contribution in [0, 0.1) is 6.92 Å². The third-order valence-corrected chi connectivity index (χ3v) is 4.76. The SMILES string of the molecule is COc1cc2c(cc1OC)CN(C(=O)CNCc1cccc(C)c1)CC2. The van der Waals surface area contributed by atoms with Crippen LogP contribution in [0.15, 0.2) is 36.4 Å².